The van der Waals surface area contributed by atoms with Crippen LogP contribution in [0.5, 0.6) is 11.5 Å². The molecular weight excluding hydrogens is 281 g/mol. The summed E-state index contributed by atoms with van der Waals surface area (Å²) in [6.07, 6.45) is 0. The van der Waals surface area contributed by atoms with Crippen LogP contribution in [0.25, 0.3) is 0 Å². The lowest BCUT2D eigenvalue weighted by Gasteiger charge is -2.14. The van der Waals surface area contributed by atoms with E-state index in [9.17, 15) is 4.39 Å². The molecule has 0 bridgehead atoms. The summed E-state index contributed by atoms with van der Waals surface area (Å²) < 4.78 is 24.3. The summed E-state index contributed by atoms with van der Waals surface area (Å²) in [7, 11) is 4.41. The molecule has 0 saturated carbocycles. The highest BCUT2D eigenvalue weighted by molar-refractivity contribution is 9.10. The fourth-order valence-corrected chi connectivity index (χ4v) is 1.95. The zero-order valence-electron chi connectivity index (χ0n) is 9.27. The van der Waals surface area contributed by atoms with Gasteiger partial charge in [0, 0.05) is 11.6 Å². The molecule has 1 N–H and O–H groups in total. The first kappa shape index (κ1) is 13.2. The number of halogens is 2. The van der Waals surface area contributed by atoms with Crippen molar-refractivity contribution in [1.82, 2.24) is 5.48 Å². The Morgan fingerprint density at radius 2 is 2.00 bits per heavy atom. The van der Waals surface area contributed by atoms with E-state index in [-0.39, 0.29) is 6.54 Å². The van der Waals surface area contributed by atoms with Crippen molar-refractivity contribution in [3.05, 3.63) is 21.9 Å². The molecule has 1 aromatic rings. The highest BCUT2D eigenvalue weighted by atomic mass is 79.9. The van der Waals surface area contributed by atoms with Gasteiger partial charge in [0.25, 0.3) is 0 Å². The van der Waals surface area contributed by atoms with Crippen LogP contribution in [0.2, 0.25) is 0 Å². The topological polar surface area (TPSA) is 39.7 Å². The van der Waals surface area contributed by atoms with Gasteiger partial charge >= 0.3 is 0 Å². The Hall–Kier alpha value is -0.850. The zero-order valence-corrected chi connectivity index (χ0v) is 10.9. The van der Waals surface area contributed by atoms with Gasteiger partial charge in [-0.05, 0) is 15.9 Å². The van der Waals surface area contributed by atoms with Crippen LogP contribution in [0.1, 0.15) is 5.56 Å². The van der Waals surface area contributed by atoms with Gasteiger partial charge in [-0.15, -0.1) is 0 Å². The van der Waals surface area contributed by atoms with Crippen LogP contribution in [0.4, 0.5) is 4.39 Å². The molecule has 0 fully saturated rings. The summed E-state index contributed by atoms with van der Waals surface area (Å²) in [5, 5.41) is 0. The Morgan fingerprint density at radius 3 is 2.50 bits per heavy atom. The number of ether oxygens (including phenoxy) is 2. The normalized spacial score (nSPS) is 10.3. The fourth-order valence-electron chi connectivity index (χ4n) is 1.27. The van der Waals surface area contributed by atoms with Crippen LogP contribution < -0.4 is 15.0 Å². The van der Waals surface area contributed by atoms with E-state index in [0.29, 0.717) is 21.5 Å². The average Bonchev–Trinajstić information content (AvgIpc) is 2.28. The first-order valence-corrected chi connectivity index (χ1v) is 5.29. The molecule has 16 heavy (non-hydrogen) atoms. The predicted molar refractivity (Wildman–Crippen MR) is 61.1 cm³/mol. The number of hydroxylamine groups is 1. The Bertz CT molecular complexity index is 374. The third kappa shape index (κ3) is 2.63. The Balaban J connectivity index is 3.18. The Morgan fingerprint density at radius 1 is 1.31 bits per heavy atom. The molecule has 0 saturated heterocycles. The van der Waals surface area contributed by atoms with Gasteiger partial charge in [-0.3, -0.25) is 0 Å². The summed E-state index contributed by atoms with van der Waals surface area (Å²) in [4.78, 5) is 4.68. The number of rotatable bonds is 5. The molecule has 0 amide bonds. The third-order valence-corrected chi connectivity index (χ3v) is 2.89. The number of benzene rings is 1. The van der Waals surface area contributed by atoms with Gasteiger partial charge < -0.3 is 14.3 Å². The van der Waals surface area contributed by atoms with Gasteiger partial charge in [0.1, 0.15) is 5.82 Å². The molecule has 6 heteroatoms. The third-order valence-electron chi connectivity index (χ3n) is 2.05. The maximum absolute atomic E-state index is 13.7. The summed E-state index contributed by atoms with van der Waals surface area (Å²) in [5.74, 6) is 0.402. The van der Waals surface area contributed by atoms with E-state index in [0.717, 1.165) is 0 Å². The van der Waals surface area contributed by atoms with Gasteiger partial charge in [0.15, 0.2) is 11.5 Å². The van der Waals surface area contributed by atoms with Crippen molar-refractivity contribution in [1.29, 1.82) is 0 Å². The quantitative estimate of drug-likeness (QED) is 0.846. The van der Waals surface area contributed by atoms with Gasteiger partial charge in [-0.2, -0.15) is 5.48 Å². The van der Waals surface area contributed by atoms with Crippen LogP contribution in [0.15, 0.2) is 10.5 Å². The van der Waals surface area contributed by atoms with Crippen molar-refractivity contribution in [2.45, 2.75) is 6.54 Å². The lowest BCUT2D eigenvalue weighted by Crippen LogP contribution is -2.13. The van der Waals surface area contributed by atoms with Gasteiger partial charge in [-0.25, -0.2) is 4.39 Å². The molecule has 0 atom stereocenters. The van der Waals surface area contributed by atoms with Crippen LogP contribution >= 0.6 is 15.9 Å². The largest absolute Gasteiger partial charge is 0.493 e. The number of nitrogens with one attached hydrogen (secondary N) is 1. The SMILES string of the molecule is CONCc1c(F)cc(OC)c(OC)c1Br. The average molecular weight is 294 g/mol. The zero-order chi connectivity index (χ0) is 12.1. The lowest BCUT2D eigenvalue weighted by atomic mass is 10.2. The van der Waals surface area contributed by atoms with E-state index in [1.165, 1.54) is 27.4 Å². The van der Waals surface area contributed by atoms with E-state index in [1.54, 1.807) is 0 Å². The van der Waals surface area contributed by atoms with Crippen LogP contribution in [-0.2, 0) is 11.4 Å². The molecule has 0 aliphatic heterocycles. The molecule has 1 rings (SSSR count). The first-order chi connectivity index (χ1) is 7.65. The summed E-state index contributed by atoms with van der Waals surface area (Å²) >= 11 is 3.27. The second kappa shape index (κ2) is 6.03. The second-order valence-corrected chi connectivity index (χ2v) is 3.70. The molecule has 0 unspecified atom stereocenters. The van der Waals surface area contributed by atoms with E-state index >= 15 is 0 Å². The molecule has 0 aliphatic rings. The minimum Gasteiger partial charge on any atom is -0.493 e. The Kier molecular flexibility index (Phi) is 4.98. The van der Waals surface area contributed by atoms with E-state index < -0.39 is 5.82 Å². The highest BCUT2D eigenvalue weighted by Crippen LogP contribution is 2.39. The smallest absolute Gasteiger partial charge is 0.175 e. The summed E-state index contributed by atoms with van der Waals surface area (Å²) in [6.45, 7) is 0.225. The molecule has 0 aliphatic carbocycles. The van der Waals surface area contributed by atoms with Crippen molar-refractivity contribution in [3.8, 4) is 11.5 Å². The Labute approximate surface area is 102 Å². The molecule has 4 nitrogen and oxygen atoms in total. The van der Waals surface area contributed by atoms with Crippen LogP contribution in [-0.4, -0.2) is 21.3 Å². The van der Waals surface area contributed by atoms with Crippen molar-refractivity contribution in [2.75, 3.05) is 21.3 Å². The second-order valence-electron chi connectivity index (χ2n) is 2.91. The molecule has 0 spiro atoms. The van der Waals surface area contributed by atoms with Crippen molar-refractivity contribution < 1.29 is 18.7 Å². The maximum Gasteiger partial charge on any atom is 0.175 e. The minimum atomic E-state index is -0.394. The summed E-state index contributed by atoms with van der Waals surface area (Å²) in [6, 6.07) is 1.27. The molecular formula is C10H13BrFNO3. The van der Waals surface area contributed by atoms with E-state index in [2.05, 4.69) is 26.2 Å². The van der Waals surface area contributed by atoms with Crippen LogP contribution in [0, 0.1) is 5.82 Å². The van der Waals surface area contributed by atoms with E-state index in [4.69, 9.17) is 9.47 Å². The van der Waals surface area contributed by atoms with Crippen LogP contribution in [0.3, 0.4) is 0 Å². The number of hydrogen-bond acceptors (Lipinski definition) is 4. The maximum atomic E-state index is 13.7. The van der Waals surface area contributed by atoms with Crippen molar-refractivity contribution >= 4 is 15.9 Å². The molecule has 1 aromatic carbocycles. The standard InChI is InChI=1S/C10H13BrFNO3/c1-14-8-4-7(12)6(5-13-16-3)9(11)10(8)15-2/h4,13H,5H2,1-3H3. The fraction of sp³-hybridized carbons (Fsp3) is 0.400. The lowest BCUT2D eigenvalue weighted by molar-refractivity contribution is 0.0857. The van der Waals surface area contributed by atoms with Gasteiger partial charge in [0.05, 0.1) is 32.3 Å². The highest BCUT2D eigenvalue weighted by Gasteiger charge is 2.17. The summed E-state index contributed by atoms with van der Waals surface area (Å²) in [5.41, 5.74) is 2.98. The van der Waals surface area contributed by atoms with Gasteiger partial charge in [-0.1, -0.05) is 0 Å². The van der Waals surface area contributed by atoms with E-state index in [1.807, 2.05) is 0 Å². The molecule has 0 heterocycles. The first-order valence-electron chi connectivity index (χ1n) is 4.50. The number of methoxy groups -OCH3 is 2. The number of hydrogen-bond donors (Lipinski definition) is 1. The van der Waals surface area contributed by atoms with Gasteiger partial charge in [0.2, 0.25) is 0 Å². The predicted octanol–water partition coefficient (Wildman–Crippen LogP) is 2.26. The van der Waals surface area contributed by atoms with Crippen molar-refractivity contribution in [2.24, 2.45) is 0 Å². The van der Waals surface area contributed by atoms with Crippen molar-refractivity contribution in [3.63, 3.8) is 0 Å². The molecule has 0 radical (unpaired) electrons. The monoisotopic (exact) mass is 293 g/mol. The molecule has 0 aromatic heterocycles. The minimum absolute atomic E-state index is 0.225. The molecule has 90 valence electrons.